The summed E-state index contributed by atoms with van der Waals surface area (Å²) in [6, 6.07) is 0. The van der Waals surface area contributed by atoms with Gasteiger partial charge in [0.15, 0.2) is 5.78 Å². The number of amides is 1. The number of rotatable bonds is 6. The smallest absolute Gasteiger partial charge is 0.341 e. The van der Waals surface area contributed by atoms with E-state index in [1.165, 1.54) is 13.8 Å². The molecule has 0 aliphatic carbocycles. The minimum atomic E-state index is -1.88. The first kappa shape index (κ1) is 21.0. The molecular formula is C14H17Cl3N2O4S. The van der Waals surface area contributed by atoms with Crippen molar-refractivity contribution in [2.24, 2.45) is 0 Å². The molecule has 134 valence electrons. The van der Waals surface area contributed by atoms with Crippen LogP contribution in [0.1, 0.15) is 46.4 Å². The Labute approximate surface area is 158 Å². The molecule has 0 radical (unpaired) electrons. The van der Waals surface area contributed by atoms with Crippen LogP contribution in [0, 0.1) is 6.92 Å². The zero-order chi connectivity index (χ0) is 18.7. The highest BCUT2D eigenvalue weighted by Crippen LogP contribution is 2.37. The summed E-state index contributed by atoms with van der Waals surface area (Å²) < 4.78 is 3.14. The molecule has 0 saturated carbocycles. The number of ether oxygens (including phenoxy) is 1. The van der Waals surface area contributed by atoms with Crippen LogP contribution in [0.3, 0.4) is 0 Å². The van der Waals surface area contributed by atoms with Crippen molar-refractivity contribution in [2.45, 2.75) is 37.7 Å². The van der Waals surface area contributed by atoms with E-state index >= 15 is 0 Å². The maximum absolute atomic E-state index is 12.2. The third-order valence-electron chi connectivity index (χ3n) is 2.90. The second kappa shape index (κ2) is 8.38. The van der Waals surface area contributed by atoms with Crippen molar-refractivity contribution in [2.75, 3.05) is 11.9 Å². The molecule has 0 aromatic carbocycles. The molecule has 0 aliphatic rings. The fraction of sp³-hybridized carbons (Fsp3) is 0.500. The molecule has 1 heterocycles. The Balaban J connectivity index is 3.34. The van der Waals surface area contributed by atoms with Gasteiger partial charge in [-0.25, -0.2) is 4.79 Å². The number of ketones is 1. The van der Waals surface area contributed by atoms with Gasteiger partial charge in [0.1, 0.15) is 11.2 Å². The van der Waals surface area contributed by atoms with Crippen molar-refractivity contribution in [3.63, 3.8) is 0 Å². The number of hydrogen-bond acceptors (Lipinski definition) is 6. The number of anilines is 1. The SMILES string of the molecule is CCOC(=O)c1c(N[C@H](NC(C)=O)C(Cl)(Cl)Cl)sc(C(C)=O)c1C. The normalized spacial score (nSPS) is 12.5. The van der Waals surface area contributed by atoms with Gasteiger partial charge in [-0.1, -0.05) is 34.8 Å². The van der Waals surface area contributed by atoms with Gasteiger partial charge < -0.3 is 15.4 Å². The minimum Gasteiger partial charge on any atom is -0.462 e. The zero-order valence-corrected chi connectivity index (χ0v) is 16.5. The first-order chi connectivity index (χ1) is 11.0. The van der Waals surface area contributed by atoms with Gasteiger partial charge in [0.2, 0.25) is 9.70 Å². The van der Waals surface area contributed by atoms with Crippen LogP contribution in [-0.2, 0) is 9.53 Å². The van der Waals surface area contributed by atoms with Crippen LogP contribution < -0.4 is 10.6 Å². The topological polar surface area (TPSA) is 84.5 Å². The molecule has 24 heavy (non-hydrogen) atoms. The van der Waals surface area contributed by atoms with Crippen LogP contribution in [0.4, 0.5) is 5.00 Å². The number of Topliss-reactive ketones (excluding diaryl/α,β-unsaturated/α-hetero) is 1. The lowest BCUT2D eigenvalue weighted by molar-refractivity contribution is -0.119. The number of carbonyl (C=O) groups is 3. The molecule has 0 aliphatic heterocycles. The molecule has 0 bridgehead atoms. The third-order valence-corrected chi connectivity index (χ3v) is 4.87. The average Bonchev–Trinajstić information content (AvgIpc) is 2.73. The van der Waals surface area contributed by atoms with Crippen molar-refractivity contribution < 1.29 is 19.1 Å². The number of hydrogen-bond donors (Lipinski definition) is 2. The first-order valence-electron chi connectivity index (χ1n) is 6.90. The van der Waals surface area contributed by atoms with Crippen LogP contribution in [0.2, 0.25) is 0 Å². The molecule has 0 spiro atoms. The van der Waals surface area contributed by atoms with Crippen molar-refractivity contribution in [1.29, 1.82) is 0 Å². The lowest BCUT2D eigenvalue weighted by Gasteiger charge is -2.26. The Bertz CT molecular complexity index is 655. The summed E-state index contributed by atoms with van der Waals surface area (Å²) in [7, 11) is 0. The molecular weight excluding hydrogens is 399 g/mol. The second-order valence-corrected chi connectivity index (χ2v) is 8.25. The molecule has 1 rings (SSSR count). The lowest BCUT2D eigenvalue weighted by atomic mass is 10.1. The van der Waals surface area contributed by atoms with Crippen molar-refractivity contribution in [3.8, 4) is 0 Å². The largest absolute Gasteiger partial charge is 0.462 e. The van der Waals surface area contributed by atoms with Gasteiger partial charge >= 0.3 is 5.97 Å². The molecule has 1 amide bonds. The van der Waals surface area contributed by atoms with Crippen LogP contribution in [-0.4, -0.2) is 34.2 Å². The Morgan fingerprint density at radius 1 is 1.25 bits per heavy atom. The van der Waals surface area contributed by atoms with Crippen LogP contribution in [0.25, 0.3) is 0 Å². The van der Waals surface area contributed by atoms with E-state index < -0.39 is 21.8 Å². The van der Waals surface area contributed by atoms with E-state index in [0.29, 0.717) is 10.4 Å². The van der Waals surface area contributed by atoms with E-state index in [1.54, 1.807) is 13.8 Å². The predicted molar refractivity (Wildman–Crippen MR) is 96.5 cm³/mol. The molecule has 1 aromatic rings. The summed E-state index contributed by atoms with van der Waals surface area (Å²) in [6.07, 6.45) is -1.11. The highest BCUT2D eigenvalue weighted by molar-refractivity contribution is 7.18. The number of alkyl halides is 3. The summed E-state index contributed by atoms with van der Waals surface area (Å²) in [5, 5.41) is 5.54. The quantitative estimate of drug-likeness (QED) is 0.320. The summed E-state index contributed by atoms with van der Waals surface area (Å²) in [6.45, 7) is 6.12. The van der Waals surface area contributed by atoms with Crippen molar-refractivity contribution in [3.05, 3.63) is 16.0 Å². The van der Waals surface area contributed by atoms with Crippen molar-refractivity contribution in [1.82, 2.24) is 5.32 Å². The van der Waals surface area contributed by atoms with Crippen LogP contribution >= 0.6 is 46.1 Å². The molecule has 0 saturated heterocycles. The Morgan fingerprint density at radius 3 is 2.25 bits per heavy atom. The zero-order valence-electron chi connectivity index (χ0n) is 13.5. The Kier molecular flexibility index (Phi) is 7.34. The standard InChI is InChI=1S/C14H17Cl3N2O4S/c1-5-23-12(22)9-6(2)10(7(3)20)24-11(9)19-13(14(15,16)17)18-8(4)21/h13,19H,5H2,1-4H3,(H,18,21)/t13-/m0/s1. The molecule has 1 atom stereocenters. The van der Waals surface area contributed by atoms with Crippen LogP contribution in [0.15, 0.2) is 0 Å². The fourth-order valence-corrected chi connectivity index (χ4v) is 3.38. The number of halogens is 3. The first-order valence-corrected chi connectivity index (χ1v) is 8.85. The summed E-state index contributed by atoms with van der Waals surface area (Å²) in [4.78, 5) is 35.7. The average molecular weight is 416 g/mol. The molecule has 6 nitrogen and oxygen atoms in total. The van der Waals surface area contributed by atoms with Crippen LogP contribution in [0.5, 0.6) is 0 Å². The summed E-state index contributed by atoms with van der Waals surface area (Å²) in [5.74, 6) is -1.25. The summed E-state index contributed by atoms with van der Waals surface area (Å²) in [5.41, 5.74) is 0.649. The highest BCUT2D eigenvalue weighted by atomic mass is 35.6. The third kappa shape index (κ3) is 5.24. The summed E-state index contributed by atoms with van der Waals surface area (Å²) >= 11 is 18.6. The van der Waals surface area contributed by atoms with E-state index in [-0.39, 0.29) is 23.0 Å². The molecule has 0 unspecified atom stereocenters. The molecule has 10 heteroatoms. The van der Waals surface area contributed by atoms with Gasteiger partial charge in [0.25, 0.3) is 0 Å². The number of carbonyl (C=O) groups excluding carboxylic acids is 3. The van der Waals surface area contributed by atoms with Crippen molar-refractivity contribution >= 4 is 68.8 Å². The Hall–Kier alpha value is -1.02. The van der Waals surface area contributed by atoms with E-state index in [2.05, 4.69) is 10.6 Å². The minimum absolute atomic E-state index is 0.169. The molecule has 0 fully saturated rings. The highest BCUT2D eigenvalue weighted by Gasteiger charge is 2.35. The molecule has 2 N–H and O–H groups in total. The van der Waals surface area contributed by atoms with Gasteiger partial charge in [0.05, 0.1) is 17.0 Å². The molecule has 1 aromatic heterocycles. The van der Waals surface area contributed by atoms with Gasteiger partial charge in [-0.05, 0) is 26.3 Å². The Morgan fingerprint density at radius 2 is 1.83 bits per heavy atom. The van der Waals surface area contributed by atoms with E-state index in [9.17, 15) is 14.4 Å². The maximum atomic E-state index is 12.2. The van der Waals surface area contributed by atoms with Gasteiger partial charge in [-0.3, -0.25) is 9.59 Å². The second-order valence-electron chi connectivity index (χ2n) is 4.86. The van der Waals surface area contributed by atoms with Gasteiger partial charge in [-0.2, -0.15) is 0 Å². The predicted octanol–water partition coefficient (Wildman–Crippen LogP) is 3.68. The van der Waals surface area contributed by atoms with E-state index in [4.69, 9.17) is 39.5 Å². The van der Waals surface area contributed by atoms with E-state index in [0.717, 1.165) is 11.3 Å². The van der Waals surface area contributed by atoms with Gasteiger partial charge in [-0.15, -0.1) is 11.3 Å². The van der Waals surface area contributed by atoms with E-state index in [1.807, 2.05) is 0 Å². The fourth-order valence-electron chi connectivity index (χ4n) is 1.93. The van der Waals surface area contributed by atoms with Gasteiger partial charge in [0, 0.05) is 6.92 Å². The lowest BCUT2D eigenvalue weighted by Crippen LogP contribution is -2.48. The number of nitrogens with one attached hydrogen (secondary N) is 2. The monoisotopic (exact) mass is 414 g/mol. The maximum Gasteiger partial charge on any atom is 0.341 e. The number of thiophene rings is 1. The number of esters is 1.